The molecular weight excluding hydrogens is 161 g/mol. The van der Waals surface area contributed by atoms with Crippen molar-refractivity contribution in [1.82, 2.24) is 4.98 Å². The highest BCUT2D eigenvalue weighted by molar-refractivity contribution is 6.30. The third-order valence-electron chi connectivity index (χ3n) is 2.06. The zero-order valence-corrected chi connectivity index (χ0v) is 7.36. The summed E-state index contributed by atoms with van der Waals surface area (Å²) in [6.07, 6.45) is 2.99. The molecule has 0 saturated heterocycles. The molecule has 2 radical (unpaired) electrons. The lowest BCUT2D eigenvalue weighted by Gasteiger charge is -2.13. The summed E-state index contributed by atoms with van der Waals surface area (Å²) in [6.45, 7) is 1.47. The molecule has 0 bridgehead atoms. The minimum Gasteiger partial charge on any atom is -0.377 e. The highest BCUT2D eigenvalue weighted by atomic mass is 16.5. The maximum atomic E-state index is 5.60. The minimum absolute atomic E-state index is 0.574. The summed E-state index contributed by atoms with van der Waals surface area (Å²) in [5.74, 6) is 0. The van der Waals surface area contributed by atoms with E-state index in [1.165, 1.54) is 5.57 Å². The SMILES string of the molecule is [B]c1cccc(C2=CCOCC2)n1. The number of rotatable bonds is 1. The fraction of sp³-hybridized carbons (Fsp3) is 0.300. The Morgan fingerprint density at radius 1 is 1.38 bits per heavy atom. The number of aromatic nitrogens is 1. The molecule has 3 heteroatoms. The van der Waals surface area contributed by atoms with Crippen molar-refractivity contribution in [1.29, 1.82) is 0 Å². The first kappa shape index (κ1) is 8.51. The van der Waals surface area contributed by atoms with Crippen LogP contribution >= 0.6 is 0 Å². The fourth-order valence-corrected chi connectivity index (χ4v) is 1.39. The van der Waals surface area contributed by atoms with Crippen LogP contribution in [0, 0.1) is 0 Å². The quantitative estimate of drug-likeness (QED) is 0.579. The summed E-state index contributed by atoms with van der Waals surface area (Å²) >= 11 is 0. The molecule has 64 valence electrons. The molecule has 2 heterocycles. The van der Waals surface area contributed by atoms with Crippen molar-refractivity contribution in [3.63, 3.8) is 0 Å². The Hall–Kier alpha value is -1.09. The van der Waals surface area contributed by atoms with E-state index in [0.717, 1.165) is 18.7 Å². The molecule has 1 aromatic rings. The van der Waals surface area contributed by atoms with Gasteiger partial charge in [-0.05, 0) is 23.7 Å². The molecule has 0 aromatic carbocycles. The largest absolute Gasteiger partial charge is 0.377 e. The van der Waals surface area contributed by atoms with Gasteiger partial charge in [-0.25, -0.2) is 0 Å². The fourth-order valence-electron chi connectivity index (χ4n) is 1.39. The monoisotopic (exact) mass is 171 g/mol. The maximum absolute atomic E-state index is 5.60. The van der Waals surface area contributed by atoms with Gasteiger partial charge in [0.15, 0.2) is 0 Å². The molecule has 13 heavy (non-hydrogen) atoms. The molecule has 0 amide bonds. The van der Waals surface area contributed by atoms with Gasteiger partial charge in [-0.15, -0.1) is 0 Å². The highest BCUT2D eigenvalue weighted by Crippen LogP contribution is 2.17. The number of hydrogen-bond donors (Lipinski definition) is 0. The Morgan fingerprint density at radius 2 is 2.31 bits per heavy atom. The van der Waals surface area contributed by atoms with Gasteiger partial charge in [0.1, 0.15) is 7.85 Å². The van der Waals surface area contributed by atoms with Crippen LogP contribution in [0.3, 0.4) is 0 Å². The molecule has 0 N–H and O–H groups in total. The molecule has 0 aliphatic carbocycles. The molecule has 0 unspecified atom stereocenters. The number of ether oxygens (including phenoxy) is 1. The van der Waals surface area contributed by atoms with Gasteiger partial charge in [0, 0.05) is 0 Å². The van der Waals surface area contributed by atoms with Gasteiger partial charge in [-0.3, -0.25) is 4.98 Å². The van der Waals surface area contributed by atoms with Gasteiger partial charge in [-0.1, -0.05) is 18.2 Å². The van der Waals surface area contributed by atoms with Crippen LogP contribution in [-0.2, 0) is 4.74 Å². The lowest BCUT2D eigenvalue weighted by atomic mass is 10.0. The summed E-state index contributed by atoms with van der Waals surface area (Å²) in [5.41, 5.74) is 2.78. The van der Waals surface area contributed by atoms with Crippen LogP contribution in [0.15, 0.2) is 24.3 Å². The van der Waals surface area contributed by atoms with E-state index in [0.29, 0.717) is 12.2 Å². The Kier molecular flexibility index (Phi) is 2.46. The topological polar surface area (TPSA) is 22.1 Å². The molecule has 0 fully saturated rings. The predicted octanol–water partition coefficient (Wildman–Crippen LogP) is 0.679. The zero-order valence-electron chi connectivity index (χ0n) is 7.36. The lowest BCUT2D eigenvalue weighted by Crippen LogP contribution is -2.11. The smallest absolute Gasteiger partial charge is 0.141 e. The van der Waals surface area contributed by atoms with Crippen LogP contribution in [-0.4, -0.2) is 26.0 Å². The molecule has 0 spiro atoms. The first-order valence-corrected chi connectivity index (χ1v) is 4.36. The minimum atomic E-state index is 0.574. The van der Waals surface area contributed by atoms with Crippen molar-refractivity contribution in [2.75, 3.05) is 13.2 Å². The lowest BCUT2D eigenvalue weighted by molar-refractivity contribution is 0.161. The van der Waals surface area contributed by atoms with E-state index in [1.54, 1.807) is 6.07 Å². The molecule has 1 aromatic heterocycles. The second kappa shape index (κ2) is 3.75. The maximum Gasteiger partial charge on any atom is 0.141 e. The van der Waals surface area contributed by atoms with E-state index in [4.69, 9.17) is 12.6 Å². The Labute approximate surface area is 79.0 Å². The van der Waals surface area contributed by atoms with Gasteiger partial charge in [0.05, 0.1) is 18.9 Å². The summed E-state index contributed by atoms with van der Waals surface area (Å²) in [6, 6.07) is 5.70. The normalized spacial score (nSPS) is 16.8. The van der Waals surface area contributed by atoms with Crippen LogP contribution in [0.25, 0.3) is 5.57 Å². The van der Waals surface area contributed by atoms with Gasteiger partial charge >= 0.3 is 0 Å². The average Bonchev–Trinajstić information content (AvgIpc) is 2.19. The molecule has 2 nitrogen and oxygen atoms in total. The summed E-state index contributed by atoms with van der Waals surface area (Å²) in [4.78, 5) is 4.25. The van der Waals surface area contributed by atoms with E-state index in [-0.39, 0.29) is 0 Å². The van der Waals surface area contributed by atoms with E-state index in [2.05, 4.69) is 11.1 Å². The molecule has 1 aliphatic heterocycles. The van der Waals surface area contributed by atoms with Crippen LogP contribution < -0.4 is 5.59 Å². The molecule has 1 aliphatic rings. The Morgan fingerprint density at radius 3 is 3.00 bits per heavy atom. The van der Waals surface area contributed by atoms with Crippen LogP contribution in [0.2, 0.25) is 0 Å². The van der Waals surface area contributed by atoms with E-state index < -0.39 is 0 Å². The molecular formula is C10H10BNO. The van der Waals surface area contributed by atoms with E-state index in [9.17, 15) is 0 Å². The van der Waals surface area contributed by atoms with Gasteiger partial charge in [-0.2, -0.15) is 0 Å². The first-order valence-electron chi connectivity index (χ1n) is 4.36. The Balaban J connectivity index is 2.29. The first-order chi connectivity index (χ1) is 6.36. The van der Waals surface area contributed by atoms with Crippen molar-refractivity contribution >= 4 is 19.0 Å². The molecule has 0 atom stereocenters. The summed E-state index contributed by atoms with van der Waals surface area (Å²) in [5, 5.41) is 0. The van der Waals surface area contributed by atoms with Gasteiger partial charge in [0.2, 0.25) is 0 Å². The number of hydrogen-bond acceptors (Lipinski definition) is 2. The van der Waals surface area contributed by atoms with Gasteiger partial charge in [0.25, 0.3) is 0 Å². The second-order valence-corrected chi connectivity index (χ2v) is 3.00. The van der Waals surface area contributed by atoms with Crippen LogP contribution in [0.1, 0.15) is 12.1 Å². The van der Waals surface area contributed by atoms with Gasteiger partial charge < -0.3 is 4.74 Å². The Bertz CT molecular complexity index is 335. The molecule has 0 saturated carbocycles. The third-order valence-corrected chi connectivity index (χ3v) is 2.06. The van der Waals surface area contributed by atoms with Crippen LogP contribution in [0.4, 0.5) is 0 Å². The summed E-state index contributed by atoms with van der Waals surface area (Å²) in [7, 11) is 5.60. The highest BCUT2D eigenvalue weighted by Gasteiger charge is 2.06. The second-order valence-electron chi connectivity index (χ2n) is 3.00. The van der Waals surface area contributed by atoms with Crippen LogP contribution in [0.5, 0.6) is 0 Å². The number of pyridine rings is 1. The van der Waals surface area contributed by atoms with E-state index >= 15 is 0 Å². The van der Waals surface area contributed by atoms with Crippen molar-refractivity contribution < 1.29 is 4.74 Å². The average molecular weight is 171 g/mol. The summed E-state index contributed by atoms with van der Waals surface area (Å²) < 4.78 is 5.22. The van der Waals surface area contributed by atoms with Crippen molar-refractivity contribution in [3.8, 4) is 0 Å². The van der Waals surface area contributed by atoms with Crippen molar-refractivity contribution in [3.05, 3.63) is 30.0 Å². The standard InChI is InChI=1S/C10H10BNO/c11-10-3-1-2-9(12-10)8-4-6-13-7-5-8/h1-4H,5-7H2. The van der Waals surface area contributed by atoms with Crippen molar-refractivity contribution in [2.24, 2.45) is 0 Å². The third kappa shape index (κ3) is 1.98. The zero-order chi connectivity index (χ0) is 9.10. The van der Waals surface area contributed by atoms with E-state index in [1.807, 2.05) is 12.1 Å². The predicted molar refractivity (Wildman–Crippen MR) is 53.0 cm³/mol. The number of nitrogens with zero attached hydrogens (tertiary/aromatic N) is 1. The molecule has 2 rings (SSSR count). The van der Waals surface area contributed by atoms with Crippen molar-refractivity contribution in [2.45, 2.75) is 6.42 Å².